The summed E-state index contributed by atoms with van der Waals surface area (Å²) in [5.74, 6) is 0.781. The van der Waals surface area contributed by atoms with Gasteiger partial charge in [0.2, 0.25) is 5.95 Å². The molecule has 106 valence electrons. The normalized spacial score (nSPS) is 20.5. The molecule has 0 aliphatic carbocycles. The van der Waals surface area contributed by atoms with Crippen molar-refractivity contribution in [2.24, 2.45) is 0 Å². The maximum atomic E-state index is 12.2. The number of nitrogens with zero attached hydrogens (tertiary/aromatic N) is 4. The van der Waals surface area contributed by atoms with Crippen molar-refractivity contribution < 1.29 is 4.39 Å². The van der Waals surface area contributed by atoms with Crippen LogP contribution >= 0.6 is 0 Å². The molecule has 1 saturated heterocycles. The zero-order chi connectivity index (χ0) is 13.7. The van der Waals surface area contributed by atoms with Gasteiger partial charge >= 0.3 is 0 Å². The summed E-state index contributed by atoms with van der Waals surface area (Å²) in [6, 6.07) is 0.427. The SMILES string of the molecule is Cc1cnc(N(C)C2CCCN(CCCF)C2)nc1. The zero-order valence-corrected chi connectivity index (χ0v) is 11.8. The third kappa shape index (κ3) is 3.86. The molecule has 1 fully saturated rings. The Labute approximate surface area is 114 Å². The third-order valence-corrected chi connectivity index (χ3v) is 3.72. The Bertz CT molecular complexity index is 382. The van der Waals surface area contributed by atoms with Gasteiger partial charge in [-0.1, -0.05) is 0 Å². The standard InChI is InChI=1S/C14H23FN4/c1-12-9-16-14(17-10-12)18(2)13-5-3-7-19(11-13)8-4-6-15/h9-10,13H,3-8,11H2,1-2H3. The third-order valence-electron chi connectivity index (χ3n) is 3.72. The van der Waals surface area contributed by atoms with Crippen molar-refractivity contribution >= 4 is 5.95 Å². The minimum atomic E-state index is -0.224. The zero-order valence-electron chi connectivity index (χ0n) is 11.8. The number of likely N-dealkylation sites (tertiary alicyclic amines) is 1. The molecule has 1 aliphatic rings. The molecule has 0 saturated carbocycles. The first-order chi connectivity index (χ1) is 9.20. The minimum absolute atomic E-state index is 0.224. The van der Waals surface area contributed by atoms with E-state index in [1.165, 1.54) is 0 Å². The first kappa shape index (κ1) is 14.2. The van der Waals surface area contributed by atoms with Gasteiger partial charge in [0.05, 0.1) is 6.67 Å². The average molecular weight is 266 g/mol. The number of hydrogen-bond acceptors (Lipinski definition) is 4. The molecule has 0 spiro atoms. The summed E-state index contributed by atoms with van der Waals surface area (Å²) < 4.78 is 12.2. The predicted octanol–water partition coefficient (Wildman–Crippen LogP) is 2.05. The highest BCUT2D eigenvalue weighted by Gasteiger charge is 2.24. The van der Waals surface area contributed by atoms with Gasteiger partial charge < -0.3 is 9.80 Å². The maximum absolute atomic E-state index is 12.2. The summed E-state index contributed by atoms with van der Waals surface area (Å²) in [4.78, 5) is 13.3. The van der Waals surface area contributed by atoms with Gasteiger partial charge in [-0.25, -0.2) is 9.97 Å². The fourth-order valence-electron chi connectivity index (χ4n) is 2.56. The molecule has 1 aromatic heterocycles. The molecule has 0 aromatic carbocycles. The summed E-state index contributed by atoms with van der Waals surface area (Å²) in [5.41, 5.74) is 1.07. The van der Waals surface area contributed by atoms with Crippen LogP contribution in [-0.4, -0.2) is 54.3 Å². The highest BCUT2D eigenvalue weighted by atomic mass is 19.1. The van der Waals surface area contributed by atoms with E-state index in [0.717, 1.165) is 44.0 Å². The van der Waals surface area contributed by atoms with E-state index in [4.69, 9.17) is 0 Å². The van der Waals surface area contributed by atoms with Crippen molar-refractivity contribution in [1.29, 1.82) is 0 Å². The van der Waals surface area contributed by atoms with Gasteiger partial charge in [0.1, 0.15) is 0 Å². The summed E-state index contributed by atoms with van der Waals surface area (Å²) in [5, 5.41) is 0. The highest BCUT2D eigenvalue weighted by Crippen LogP contribution is 2.18. The molecule has 2 heterocycles. The Morgan fingerprint density at radius 2 is 2.16 bits per heavy atom. The van der Waals surface area contributed by atoms with E-state index in [2.05, 4.69) is 19.8 Å². The smallest absolute Gasteiger partial charge is 0.225 e. The van der Waals surface area contributed by atoms with Crippen LogP contribution in [0.5, 0.6) is 0 Å². The molecule has 1 aliphatic heterocycles. The van der Waals surface area contributed by atoms with Crippen molar-refractivity contribution in [3.8, 4) is 0 Å². The number of likely N-dealkylation sites (N-methyl/N-ethyl adjacent to an activating group) is 1. The Morgan fingerprint density at radius 1 is 1.42 bits per heavy atom. The average Bonchev–Trinajstić information content (AvgIpc) is 2.45. The van der Waals surface area contributed by atoms with Gasteiger partial charge in [-0.15, -0.1) is 0 Å². The number of halogens is 1. The molecular formula is C14H23FN4. The van der Waals surface area contributed by atoms with Crippen LogP contribution in [0.3, 0.4) is 0 Å². The lowest BCUT2D eigenvalue weighted by Crippen LogP contribution is -2.47. The van der Waals surface area contributed by atoms with Crippen LogP contribution in [0, 0.1) is 6.92 Å². The van der Waals surface area contributed by atoms with Gasteiger partial charge in [0.25, 0.3) is 0 Å². The minimum Gasteiger partial charge on any atom is -0.340 e. The molecule has 0 amide bonds. The molecule has 5 heteroatoms. The maximum Gasteiger partial charge on any atom is 0.225 e. The van der Waals surface area contributed by atoms with Crippen molar-refractivity contribution in [3.63, 3.8) is 0 Å². The Balaban J connectivity index is 1.94. The largest absolute Gasteiger partial charge is 0.340 e. The van der Waals surface area contributed by atoms with Crippen LogP contribution < -0.4 is 4.90 Å². The summed E-state index contributed by atoms with van der Waals surface area (Å²) in [6.07, 6.45) is 6.65. The number of rotatable bonds is 5. The number of piperidine rings is 1. The summed E-state index contributed by atoms with van der Waals surface area (Å²) in [7, 11) is 2.05. The number of aryl methyl sites for hydroxylation is 1. The van der Waals surface area contributed by atoms with Crippen LogP contribution in [0.4, 0.5) is 10.3 Å². The molecule has 1 aromatic rings. The Kier molecular flexibility index (Phi) is 5.07. The quantitative estimate of drug-likeness (QED) is 0.816. The van der Waals surface area contributed by atoms with Gasteiger partial charge in [-0.05, 0) is 38.3 Å². The lowest BCUT2D eigenvalue weighted by atomic mass is 10.0. The van der Waals surface area contributed by atoms with E-state index in [9.17, 15) is 4.39 Å². The van der Waals surface area contributed by atoms with Crippen molar-refractivity contribution in [2.75, 3.05) is 38.3 Å². The molecule has 0 N–H and O–H groups in total. The second-order valence-electron chi connectivity index (χ2n) is 5.31. The van der Waals surface area contributed by atoms with E-state index in [1.54, 1.807) is 0 Å². The summed E-state index contributed by atoms with van der Waals surface area (Å²) >= 11 is 0. The van der Waals surface area contributed by atoms with Gasteiger partial charge in [0, 0.05) is 38.6 Å². The number of aromatic nitrogens is 2. The first-order valence-electron chi connectivity index (χ1n) is 7.00. The van der Waals surface area contributed by atoms with E-state index in [0.29, 0.717) is 12.5 Å². The van der Waals surface area contributed by atoms with Crippen molar-refractivity contribution in [1.82, 2.24) is 14.9 Å². The summed E-state index contributed by atoms with van der Waals surface area (Å²) in [6.45, 7) is 4.68. The van der Waals surface area contributed by atoms with E-state index in [-0.39, 0.29) is 6.67 Å². The molecular weight excluding hydrogens is 243 g/mol. The molecule has 2 rings (SSSR count). The van der Waals surface area contributed by atoms with Crippen LogP contribution in [0.25, 0.3) is 0 Å². The van der Waals surface area contributed by atoms with Gasteiger partial charge in [-0.3, -0.25) is 4.39 Å². The fraction of sp³-hybridized carbons (Fsp3) is 0.714. The van der Waals surface area contributed by atoms with E-state index in [1.807, 2.05) is 26.4 Å². The van der Waals surface area contributed by atoms with E-state index < -0.39 is 0 Å². The predicted molar refractivity (Wildman–Crippen MR) is 75.2 cm³/mol. The first-order valence-corrected chi connectivity index (χ1v) is 7.00. The number of hydrogen-bond donors (Lipinski definition) is 0. The van der Waals surface area contributed by atoms with Gasteiger partial charge in [0.15, 0.2) is 0 Å². The molecule has 4 nitrogen and oxygen atoms in total. The molecule has 0 radical (unpaired) electrons. The van der Waals surface area contributed by atoms with Gasteiger partial charge in [-0.2, -0.15) is 0 Å². The highest BCUT2D eigenvalue weighted by molar-refractivity contribution is 5.30. The van der Waals surface area contributed by atoms with Crippen LogP contribution in [-0.2, 0) is 0 Å². The topological polar surface area (TPSA) is 32.3 Å². The van der Waals surface area contributed by atoms with E-state index >= 15 is 0 Å². The molecule has 1 atom stereocenters. The van der Waals surface area contributed by atoms with Crippen LogP contribution in [0.15, 0.2) is 12.4 Å². The van der Waals surface area contributed by atoms with Crippen LogP contribution in [0.2, 0.25) is 0 Å². The lowest BCUT2D eigenvalue weighted by Gasteiger charge is -2.37. The second kappa shape index (κ2) is 6.80. The number of anilines is 1. The van der Waals surface area contributed by atoms with Crippen molar-refractivity contribution in [2.45, 2.75) is 32.2 Å². The second-order valence-corrected chi connectivity index (χ2v) is 5.31. The fourth-order valence-corrected chi connectivity index (χ4v) is 2.56. The lowest BCUT2D eigenvalue weighted by molar-refractivity contribution is 0.198. The molecule has 19 heavy (non-hydrogen) atoms. The Hall–Kier alpha value is -1.23. The van der Waals surface area contributed by atoms with Crippen molar-refractivity contribution in [3.05, 3.63) is 18.0 Å². The number of alkyl halides is 1. The Morgan fingerprint density at radius 3 is 2.84 bits per heavy atom. The monoisotopic (exact) mass is 266 g/mol. The molecule has 0 bridgehead atoms. The molecule has 1 unspecified atom stereocenters. The van der Waals surface area contributed by atoms with Crippen LogP contribution in [0.1, 0.15) is 24.8 Å².